The van der Waals surface area contributed by atoms with E-state index in [0.717, 1.165) is 11.5 Å². The fraction of sp³-hybridized carbons (Fsp3) is 0.176. The van der Waals surface area contributed by atoms with Gasteiger partial charge in [0.15, 0.2) is 15.6 Å². The molecular weight excluding hydrogens is 362 g/mol. The minimum atomic E-state index is -3.61. The number of nitrogens with zero attached hydrogens (tertiary/aromatic N) is 1. The van der Waals surface area contributed by atoms with Gasteiger partial charge in [-0.25, -0.2) is 8.42 Å². The lowest BCUT2D eigenvalue weighted by atomic mass is 10.1. The van der Waals surface area contributed by atoms with Gasteiger partial charge in [0.05, 0.1) is 24.9 Å². The van der Waals surface area contributed by atoms with E-state index in [0.29, 0.717) is 11.3 Å². The molecule has 0 unspecified atom stereocenters. The van der Waals surface area contributed by atoms with Gasteiger partial charge in [-0.05, 0) is 35.4 Å². The molecule has 0 atom stereocenters. The van der Waals surface area contributed by atoms with Gasteiger partial charge in [-0.3, -0.25) is 10.1 Å². The van der Waals surface area contributed by atoms with Crippen molar-refractivity contribution < 1.29 is 27.9 Å². The maximum absolute atomic E-state index is 12.2. The van der Waals surface area contributed by atoms with E-state index >= 15 is 0 Å². The number of hydrogen-bond acceptors (Lipinski definition) is 7. The molecule has 138 valence electrons. The van der Waals surface area contributed by atoms with Gasteiger partial charge >= 0.3 is 5.69 Å². The topological polar surface area (TPSA) is 116 Å². The number of benzene rings is 2. The average Bonchev–Trinajstić information content (AvgIpc) is 2.61. The van der Waals surface area contributed by atoms with Crippen LogP contribution in [-0.4, -0.2) is 32.7 Å². The molecule has 0 radical (unpaired) electrons. The summed E-state index contributed by atoms with van der Waals surface area (Å²) in [6.07, 6.45) is 1.22. The van der Waals surface area contributed by atoms with Crippen LogP contribution in [0.15, 0.2) is 41.8 Å². The second-order valence-corrected chi connectivity index (χ2v) is 7.19. The van der Waals surface area contributed by atoms with Crippen LogP contribution in [0, 0.1) is 10.1 Å². The standard InChI is InChI=1S/C17H17NO7S/c1-24-14-5-3-12(4-6-14)11-26(22,23)8-7-13-9-15(18(20)21)17(19)16(10-13)25-2/h3-10,19H,11H2,1-2H3. The van der Waals surface area contributed by atoms with Crippen molar-refractivity contribution in [3.63, 3.8) is 0 Å². The summed E-state index contributed by atoms with van der Waals surface area (Å²) in [7, 11) is -0.853. The monoisotopic (exact) mass is 379 g/mol. The van der Waals surface area contributed by atoms with Gasteiger partial charge in [-0.2, -0.15) is 0 Å². The summed E-state index contributed by atoms with van der Waals surface area (Å²) in [5, 5.41) is 21.7. The van der Waals surface area contributed by atoms with Crippen LogP contribution in [0.1, 0.15) is 11.1 Å². The number of nitro benzene ring substituents is 1. The molecule has 0 saturated heterocycles. The van der Waals surface area contributed by atoms with Crippen molar-refractivity contribution in [2.45, 2.75) is 5.75 Å². The molecule has 0 bridgehead atoms. The van der Waals surface area contributed by atoms with Crippen molar-refractivity contribution >= 4 is 21.6 Å². The molecule has 0 spiro atoms. The van der Waals surface area contributed by atoms with Gasteiger partial charge < -0.3 is 14.6 Å². The van der Waals surface area contributed by atoms with Crippen LogP contribution in [0.2, 0.25) is 0 Å². The largest absolute Gasteiger partial charge is 0.500 e. The maximum atomic E-state index is 12.2. The van der Waals surface area contributed by atoms with Crippen molar-refractivity contribution in [3.05, 3.63) is 63.0 Å². The molecule has 0 aliphatic rings. The number of methoxy groups -OCH3 is 2. The number of phenols is 1. The second kappa shape index (κ2) is 7.87. The molecule has 1 N–H and O–H groups in total. The zero-order valence-corrected chi connectivity index (χ0v) is 14.9. The Labute approximate surface area is 150 Å². The Bertz CT molecular complexity index is 934. The summed E-state index contributed by atoms with van der Waals surface area (Å²) < 4.78 is 34.4. The van der Waals surface area contributed by atoms with E-state index in [1.54, 1.807) is 24.3 Å². The third kappa shape index (κ3) is 4.73. The summed E-state index contributed by atoms with van der Waals surface area (Å²) in [4.78, 5) is 10.2. The summed E-state index contributed by atoms with van der Waals surface area (Å²) in [5.41, 5.74) is 0.214. The van der Waals surface area contributed by atoms with Crippen LogP contribution >= 0.6 is 0 Å². The van der Waals surface area contributed by atoms with E-state index in [1.807, 2.05) is 0 Å². The fourth-order valence-corrected chi connectivity index (χ4v) is 3.31. The van der Waals surface area contributed by atoms with Gasteiger partial charge in [0.2, 0.25) is 5.75 Å². The smallest absolute Gasteiger partial charge is 0.315 e. The van der Waals surface area contributed by atoms with E-state index in [-0.39, 0.29) is 17.1 Å². The molecular formula is C17H17NO7S. The van der Waals surface area contributed by atoms with Gasteiger partial charge in [0.1, 0.15) is 5.75 Å². The van der Waals surface area contributed by atoms with Crippen molar-refractivity contribution in [2.24, 2.45) is 0 Å². The van der Waals surface area contributed by atoms with Gasteiger partial charge in [0.25, 0.3) is 0 Å². The molecule has 2 rings (SSSR count). The zero-order chi connectivity index (χ0) is 19.3. The minimum Gasteiger partial charge on any atom is -0.500 e. The van der Waals surface area contributed by atoms with E-state index in [4.69, 9.17) is 9.47 Å². The van der Waals surface area contributed by atoms with Crippen LogP contribution in [0.25, 0.3) is 6.08 Å². The Balaban J connectivity index is 2.26. The first kappa shape index (κ1) is 19.3. The lowest BCUT2D eigenvalue weighted by molar-refractivity contribution is -0.386. The number of aromatic hydroxyl groups is 1. The highest BCUT2D eigenvalue weighted by Gasteiger charge is 2.19. The minimum absolute atomic E-state index is 0.119. The second-order valence-electron chi connectivity index (χ2n) is 5.31. The molecule has 0 fully saturated rings. The summed E-state index contributed by atoms with van der Waals surface area (Å²) in [6, 6.07) is 8.96. The van der Waals surface area contributed by atoms with Crippen LogP contribution in [-0.2, 0) is 15.6 Å². The number of sulfone groups is 1. The molecule has 2 aromatic carbocycles. The Hall–Kier alpha value is -3.07. The predicted octanol–water partition coefficient (Wildman–Crippen LogP) is 2.90. The molecule has 26 heavy (non-hydrogen) atoms. The number of phenolic OH excluding ortho intramolecular Hbond substituents is 1. The zero-order valence-electron chi connectivity index (χ0n) is 14.1. The van der Waals surface area contributed by atoms with Crippen molar-refractivity contribution in [2.75, 3.05) is 14.2 Å². The number of rotatable bonds is 7. The highest BCUT2D eigenvalue weighted by Crippen LogP contribution is 2.37. The van der Waals surface area contributed by atoms with E-state index in [9.17, 15) is 23.6 Å². The van der Waals surface area contributed by atoms with Gasteiger partial charge in [-0.1, -0.05) is 12.1 Å². The Morgan fingerprint density at radius 2 is 1.81 bits per heavy atom. The first-order valence-electron chi connectivity index (χ1n) is 7.35. The molecule has 0 aromatic heterocycles. The fourth-order valence-electron chi connectivity index (χ4n) is 2.19. The van der Waals surface area contributed by atoms with E-state index in [1.165, 1.54) is 26.4 Å². The molecule has 8 nitrogen and oxygen atoms in total. The molecule has 0 heterocycles. The van der Waals surface area contributed by atoms with E-state index < -0.39 is 26.2 Å². The molecule has 9 heteroatoms. The average molecular weight is 379 g/mol. The lowest BCUT2D eigenvalue weighted by Gasteiger charge is -2.05. The quantitative estimate of drug-likeness (QED) is 0.581. The first-order valence-corrected chi connectivity index (χ1v) is 9.06. The van der Waals surface area contributed by atoms with Crippen LogP contribution in [0.3, 0.4) is 0 Å². The number of hydrogen-bond donors (Lipinski definition) is 1. The maximum Gasteiger partial charge on any atom is 0.315 e. The Kier molecular flexibility index (Phi) is 5.83. The molecule has 0 amide bonds. The number of ether oxygens (including phenoxy) is 2. The highest BCUT2D eigenvalue weighted by atomic mass is 32.2. The Morgan fingerprint density at radius 1 is 1.15 bits per heavy atom. The summed E-state index contributed by atoms with van der Waals surface area (Å²) in [5.74, 6) is -0.350. The molecule has 0 aliphatic carbocycles. The predicted molar refractivity (Wildman–Crippen MR) is 96.0 cm³/mol. The third-order valence-corrected chi connectivity index (χ3v) is 4.77. The van der Waals surface area contributed by atoms with Crippen molar-refractivity contribution in [1.82, 2.24) is 0 Å². The molecule has 0 aliphatic heterocycles. The van der Waals surface area contributed by atoms with Crippen LogP contribution in [0.4, 0.5) is 5.69 Å². The van der Waals surface area contributed by atoms with E-state index in [2.05, 4.69) is 0 Å². The lowest BCUT2D eigenvalue weighted by Crippen LogP contribution is -2.00. The number of nitro groups is 1. The molecule has 0 saturated carbocycles. The highest BCUT2D eigenvalue weighted by molar-refractivity contribution is 7.93. The first-order chi connectivity index (χ1) is 12.3. The molecule has 2 aromatic rings. The van der Waals surface area contributed by atoms with Crippen molar-refractivity contribution in [1.29, 1.82) is 0 Å². The van der Waals surface area contributed by atoms with Crippen LogP contribution < -0.4 is 9.47 Å². The van der Waals surface area contributed by atoms with Gasteiger partial charge in [-0.15, -0.1) is 0 Å². The SMILES string of the molecule is COc1ccc(CS(=O)(=O)C=Cc2cc(OC)c(O)c([N+](=O)[O-])c2)cc1. The van der Waals surface area contributed by atoms with Crippen molar-refractivity contribution in [3.8, 4) is 17.2 Å². The normalized spacial score (nSPS) is 11.5. The van der Waals surface area contributed by atoms with Gasteiger partial charge in [0, 0.05) is 11.5 Å². The third-order valence-electron chi connectivity index (χ3n) is 3.49. The Morgan fingerprint density at radius 3 is 2.35 bits per heavy atom. The summed E-state index contributed by atoms with van der Waals surface area (Å²) in [6.45, 7) is 0. The van der Waals surface area contributed by atoms with Crippen LogP contribution in [0.5, 0.6) is 17.2 Å². The summed E-state index contributed by atoms with van der Waals surface area (Å²) >= 11 is 0.